The van der Waals surface area contributed by atoms with E-state index in [1.807, 2.05) is 48.5 Å². The predicted octanol–water partition coefficient (Wildman–Crippen LogP) is 5.18. The largest absolute Gasteiger partial charge is 0.496 e. The molecule has 1 heterocycles. The Labute approximate surface area is 202 Å². The second kappa shape index (κ2) is 11.2. The number of anilines is 1. The van der Waals surface area contributed by atoms with Crippen molar-refractivity contribution in [1.29, 1.82) is 0 Å². The third kappa shape index (κ3) is 6.02. The molecule has 7 nitrogen and oxygen atoms in total. The van der Waals surface area contributed by atoms with Gasteiger partial charge in [-0.05, 0) is 42.0 Å². The van der Waals surface area contributed by atoms with Crippen LogP contribution in [0.1, 0.15) is 16.1 Å². The first-order chi connectivity index (χ1) is 16.6. The molecule has 3 aromatic carbocycles. The Morgan fingerprint density at radius 1 is 1.09 bits per heavy atom. The zero-order chi connectivity index (χ0) is 23.8. The normalized spacial score (nSPS) is 11.2. The fourth-order valence-corrected chi connectivity index (χ4v) is 3.57. The van der Waals surface area contributed by atoms with Crippen molar-refractivity contribution in [2.45, 2.75) is 6.42 Å². The van der Waals surface area contributed by atoms with E-state index in [0.29, 0.717) is 29.5 Å². The van der Waals surface area contributed by atoms with Gasteiger partial charge in [0.1, 0.15) is 5.75 Å². The summed E-state index contributed by atoms with van der Waals surface area (Å²) in [6.07, 6.45) is 4.04. The van der Waals surface area contributed by atoms with E-state index in [1.165, 1.54) is 0 Å². The zero-order valence-electron chi connectivity index (χ0n) is 18.6. The zero-order valence-corrected chi connectivity index (χ0v) is 19.3. The van der Waals surface area contributed by atoms with E-state index >= 15 is 0 Å². The highest BCUT2D eigenvalue weighted by atomic mass is 35.5. The molecule has 1 aromatic heterocycles. The number of aromatic amines is 1. The maximum atomic E-state index is 12.8. The summed E-state index contributed by atoms with van der Waals surface area (Å²) in [5.41, 5.74) is 4.21. The molecule has 172 valence electrons. The van der Waals surface area contributed by atoms with Crippen LogP contribution in [0.3, 0.4) is 0 Å². The van der Waals surface area contributed by atoms with E-state index in [2.05, 4.69) is 25.6 Å². The Kier molecular flexibility index (Phi) is 7.57. The number of hydrogen-bond acceptors (Lipinski definition) is 4. The molecule has 0 unspecified atom stereocenters. The van der Waals surface area contributed by atoms with Gasteiger partial charge in [-0.3, -0.25) is 15.1 Å². The fraction of sp³-hybridized carbons (Fsp3) is 0.115. The van der Waals surface area contributed by atoms with E-state index in [0.717, 1.165) is 28.3 Å². The number of para-hydroxylation sites is 1. The Morgan fingerprint density at radius 3 is 2.65 bits per heavy atom. The maximum Gasteiger partial charge on any atom is 0.258 e. The first kappa shape index (κ1) is 23.1. The lowest BCUT2D eigenvalue weighted by Crippen LogP contribution is -2.36. The molecule has 0 aliphatic carbocycles. The van der Waals surface area contributed by atoms with Crippen LogP contribution in [-0.4, -0.2) is 35.5 Å². The molecule has 1 amide bonds. The molecule has 0 aliphatic rings. The van der Waals surface area contributed by atoms with Gasteiger partial charge in [-0.2, -0.15) is 0 Å². The SMILES string of the molecule is COc1ccccc1-c1ccc(NC(=NCCc2cnc[nH]2)NC(=O)c2cccc(Cl)c2)cc1. The lowest BCUT2D eigenvalue weighted by atomic mass is 10.0. The molecule has 3 N–H and O–H groups in total. The number of amides is 1. The van der Waals surface area contributed by atoms with Gasteiger partial charge in [0, 0.05) is 46.7 Å². The van der Waals surface area contributed by atoms with Crippen LogP contribution < -0.4 is 15.4 Å². The molecule has 0 spiro atoms. The van der Waals surface area contributed by atoms with Gasteiger partial charge in [-0.1, -0.05) is 48.0 Å². The highest BCUT2D eigenvalue weighted by molar-refractivity contribution is 6.31. The molecule has 4 rings (SSSR count). The average Bonchev–Trinajstić information content (AvgIpc) is 3.38. The van der Waals surface area contributed by atoms with Crippen molar-refractivity contribution in [3.8, 4) is 16.9 Å². The van der Waals surface area contributed by atoms with Crippen LogP contribution in [-0.2, 0) is 6.42 Å². The van der Waals surface area contributed by atoms with Crippen LogP contribution in [0.2, 0.25) is 5.02 Å². The van der Waals surface area contributed by atoms with Crippen LogP contribution in [0.4, 0.5) is 5.69 Å². The van der Waals surface area contributed by atoms with Crippen LogP contribution in [0.5, 0.6) is 5.75 Å². The van der Waals surface area contributed by atoms with Crippen LogP contribution in [0, 0.1) is 0 Å². The molecular formula is C26H24ClN5O2. The number of rotatable bonds is 7. The number of guanidine groups is 1. The summed E-state index contributed by atoms with van der Waals surface area (Å²) in [6, 6.07) is 22.4. The summed E-state index contributed by atoms with van der Waals surface area (Å²) >= 11 is 6.04. The molecule has 34 heavy (non-hydrogen) atoms. The van der Waals surface area contributed by atoms with E-state index in [1.54, 1.807) is 43.9 Å². The average molecular weight is 474 g/mol. The van der Waals surface area contributed by atoms with E-state index in [-0.39, 0.29) is 5.91 Å². The van der Waals surface area contributed by atoms with Gasteiger partial charge in [0.25, 0.3) is 5.91 Å². The predicted molar refractivity (Wildman–Crippen MR) is 136 cm³/mol. The van der Waals surface area contributed by atoms with E-state index in [4.69, 9.17) is 16.3 Å². The van der Waals surface area contributed by atoms with Crippen molar-refractivity contribution < 1.29 is 9.53 Å². The Hall–Kier alpha value is -4.10. The Balaban J connectivity index is 1.51. The lowest BCUT2D eigenvalue weighted by Gasteiger charge is -2.13. The second-order valence-electron chi connectivity index (χ2n) is 7.42. The number of imidazole rings is 1. The number of nitrogens with one attached hydrogen (secondary N) is 3. The molecule has 0 fully saturated rings. The van der Waals surface area contributed by atoms with Crippen molar-refractivity contribution in [2.75, 3.05) is 19.0 Å². The molecule has 0 saturated heterocycles. The van der Waals surface area contributed by atoms with Gasteiger partial charge in [-0.15, -0.1) is 0 Å². The number of hydrogen-bond donors (Lipinski definition) is 3. The minimum atomic E-state index is -0.305. The number of ether oxygens (including phenoxy) is 1. The van der Waals surface area contributed by atoms with E-state index in [9.17, 15) is 4.79 Å². The highest BCUT2D eigenvalue weighted by Gasteiger charge is 2.11. The van der Waals surface area contributed by atoms with Crippen molar-refractivity contribution in [3.63, 3.8) is 0 Å². The summed E-state index contributed by atoms with van der Waals surface area (Å²) in [5, 5.41) is 6.55. The van der Waals surface area contributed by atoms with Crippen molar-refractivity contribution in [1.82, 2.24) is 15.3 Å². The van der Waals surface area contributed by atoms with Gasteiger partial charge in [0.15, 0.2) is 0 Å². The number of nitrogens with zero attached hydrogens (tertiary/aromatic N) is 2. The number of aliphatic imine (C=N–C) groups is 1. The molecule has 4 aromatic rings. The van der Waals surface area contributed by atoms with Crippen molar-refractivity contribution >= 4 is 29.2 Å². The Bertz CT molecular complexity index is 1270. The highest BCUT2D eigenvalue weighted by Crippen LogP contribution is 2.30. The minimum Gasteiger partial charge on any atom is -0.496 e. The summed E-state index contributed by atoms with van der Waals surface area (Å²) in [4.78, 5) is 24.4. The summed E-state index contributed by atoms with van der Waals surface area (Å²) in [7, 11) is 1.66. The number of H-pyrrole nitrogens is 1. The number of carbonyl (C=O) groups is 1. The number of carbonyl (C=O) groups excluding carboxylic acids is 1. The van der Waals surface area contributed by atoms with E-state index < -0.39 is 0 Å². The third-order valence-corrected chi connectivity index (χ3v) is 5.33. The first-order valence-corrected chi connectivity index (χ1v) is 11.1. The van der Waals surface area contributed by atoms with Crippen molar-refractivity contribution in [2.24, 2.45) is 4.99 Å². The Morgan fingerprint density at radius 2 is 1.91 bits per heavy atom. The lowest BCUT2D eigenvalue weighted by molar-refractivity contribution is 0.0977. The fourth-order valence-electron chi connectivity index (χ4n) is 3.38. The van der Waals surface area contributed by atoms with Gasteiger partial charge in [-0.25, -0.2) is 4.98 Å². The molecule has 0 saturated carbocycles. The molecule has 0 atom stereocenters. The number of methoxy groups -OCH3 is 1. The molecule has 0 radical (unpaired) electrons. The van der Waals surface area contributed by atoms with Gasteiger partial charge < -0.3 is 15.0 Å². The summed E-state index contributed by atoms with van der Waals surface area (Å²) < 4.78 is 5.46. The summed E-state index contributed by atoms with van der Waals surface area (Å²) in [6.45, 7) is 0.458. The monoisotopic (exact) mass is 473 g/mol. The van der Waals surface area contributed by atoms with Gasteiger partial charge in [0.05, 0.1) is 13.4 Å². The van der Waals surface area contributed by atoms with Crippen LogP contribution in [0.15, 0.2) is 90.3 Å². The van der Waals surface area contributed by atoms with Gasteiger partial charge in [0.2, 0.25) is 5.96 Å². The number of aromatic nitrogens is 2. The maximum absolute atomic E-state index is 12.8. The van der Waals surface area contributed by atoms with Crippen LogP contribution in [0.25, 0.3) is 11.1 Å². The first-order valence-electron chi connectivity index (χ1n) is 10.7. The van der Waals surface area contributed by atoms with Gasteiger partial charge >= 0.3 is 0 Å². The molecule has 0 aliphatic heterocycles. The molecule has 0 bridgehead atoms. The quantitative estimate of drug-likeness (QED) is 0.255. The summed E-state index contributed by atoms with van der Waals surface area (Å²) in [5.74, 6) is 0.841. The van der Waals surface area contributed by atoms with Crippen LogP contribution >= 0.6 is 11.6 Å². The third-order valence-electron chi connectivity index (χ3n) is 5.09. The second-order valence-corrected chi connectivity index (χ2v) is 7.86. The molecule has 8 heteroatoms. The smallest absolute Gasteiger partial charge is 0.258 e. The topological polar surface area (TPSA) is 91.4 Å². The van der Waals surface area contributed by atoms with Crippen molar-refractivity contribution in [3.05, 3.63) is 102 Å². The number of halogens is 1. The standard InChI is InChI=1S/C26H24ClN5O2/c1-34-24-8-3-2-7-23(24)18-9-11-21(12-10-18)31-26(29-14-13-22-16-28-17-30-22)32-25(33)19-5-4-6-20(27)15-19/h2-12,15-17H,13-14H2,1H3,(H,28,30)(H2,29,31,32,33). The molecular weight excluding hydrogens is 450 g/mol. The number of benzene rings is 3. The minimum absolute atomic E-state index is 0.305.